The number of aromatic nitrogens is 3. The molecular weight excluding hydrogens is 466 g/mol. The van der Waals surface area contributed by atoms with Crippen molar-refractivity contribution in [2.24, 2.45) is 10.9 Å². The summed E-state index contributed by atoms with van der Waals surface area (Å²) >= 11 is 6.08. The van der Waals surface area contributed by atoms with Crippen molar-refractivity contribution >= 4 is 44.4 Å². The predicted molar refractivity (Wildman–Crippen MR) is 127 cm³/mol. The number of sulfonamides is 1. The third kappa shape index (κ3) is 5.17. The summed E-state index contributed by atoms with van der Waals surface area (Å²) in [5.74, 6) is -0.312. The van der Waals surface area contributed by atoms with Gasteiger partial charge in [-0.1, -0.05) is 23.7 Å². The second kappa shape index (κ2) is 9.35. The molecule has 6 N–H and O–H groups in total. The SMILES string of the molecule is NC1(C(=O)N(c2ncnc3[nH]ccc23)C(CCS(N)(=O)=O)c2ccc(Cl)cc2)CCNCC1. The van der Waals surface area contributed by atoms with Crippen LogP contribution in [-0.2, 0) is 14.8 Å². The average Bonchev–Trinajstić information content (AvgIpc) is 3.26. The molecule has 1 unspecified atom stereocenters. The number of carbonyl (C=O) groups excluding carboxylic acids is 1. The topological polar surface area (TPSA) is 160 Å². The zero-order valence-corrected chi connectivity index (χ0v) is 19.4. The van der Waals surface area contributed by atoms with Crippen molar-refractivity contribution in [3.05, 3.63) is 53.4 Å². The molecule has 0 saturated carbocycles. The third-order valence-electron chi connectivity index (χ3n) is 5.94. The van der Waals surface area contributed by atoms with Crippen LogP contribution in [0.2, 0.25) is 5.02 Å². The highest BCUT2D eigenvalue weighted by atomic mass is 35.5. The molecule has 2 aromatic heterocycles. The number of piperidine rings is 1. The molecule has 0 bridgehead atoms. The van der Waals surface area contributed by atoms with Crippen molar-refractivity contribution in [3.63, 3.8) is 0 Å². The molecule has 0 radical (unpaired) electrons. The lowest BCUT2D eigenvalue weighted by Crippen LogP contribution is -2.60. The number of hydrogen-bond acceptors (Lipinski definition) is 7. The van der Waals surface area contributed by atoms with Gasteiger partial charge in [0, 0.05) is 11.2 Å². The minimum absolute atomic E-state index is 0.0520. The molecular formula is C21H26ClN7O3S. The van der Waals surface area contributed by atoms with Crippen LogP contribution < -0.4 is 21.1 Å². The molecule has 0 spiro atoms. The van der Waals surface area contributed by atoms with Crippen LogP contribution >= 0.6 is 11.6 Å². The number of aromatic amines is 1. The maximum Gasteiger partial charge on any atom is 0.248 e. The van der Waals surface area contributed by atoms with Crippen molar-refractivity contribution in [2.75, 3.05) is 23.7 Å². The van der Waals surface area contributed by atoms with Crippen molar-refractivity contribution in [1.82, 2.24) is 20.3 Å². The molecule has 1 saturated heterocycles. The summed E-state index contributed by atoms with van der Waals surface area (Å²) in [4.78, 5) is 27.3. The second-order valence-electron chi connectivity index (χ2n) is 8.24. The van der Waals surface area contributed by atoms with Gasteiger partial charge in [-0.3, -0.25) is 9.69 Å². The van der Waals surface area contributed by atoms with Crippen LogP contribution in [0, 0.1) is 0 Å². The number of primary sulfonamides is 1. The molecule has 1 aliphatic rings. The third-order valence-corrected chi connectivity index (χ3v) is 7.00. The van der Waals surface area contributed by atoms with Gasteiger partial charge >= 0.3 is 0 Å². The predicted octanol–water partition coefficient (Wildman–Crippen LogP) is 1.45. The van der Waals surface area contributed by atoms with Gasteiger partial charge in [-0.25, -0.2) is 23.5 Å². The number of fused-ring (bicyclic) bond motifs is 1. The summed E-state index contributed by atoms with van der Waals surface area (Å²) in [5, 5.41) is 9.69. The standard InChI is InChI=1S/C21H26ClN7O3S/c22-15-3-1-14(2-4-15)17(6-12-33(24,31)32)29(20(30)21(23)7-10-25-11-8-21)19-16-5-9-26-18(16)27-13-28-19/h1-5,9,13,17,25H,6-8,10-12,23H2,(H2,24,31,32)(H,26,27,28). The Morgan fingerprint density at radius 3 is 2.55 bits per heavy atom. The number of anilines is 1. The maximum absolute atomic E-state index is 14.1. The summed E-state index contributed by atoms with van der Waals surface area (Å²) in [6, 6.07) is 7.98. The fraction of sp³-hybridized carbons (Fsp3) is 0.381. The van der Waals surface area contributed by atoms with Crippen LogP contribution in [0.3, 0.4) is 0 Å². The molecule has 1 fully saturated rings. The first-order chi connectivity index (χ1) is 15.7. The second-order valence-corrected chi connectivity index (χ2v) is 10.4. The number of nitrogens with two attached hydrogens (primary N) is 2. The molecule has 1 aromatic carbocycles. The van der Waals surface area contributed by atoms with E-state index in [0.717, 1.165) is 0 Å². The van der Waals surface area contributed by atoms with Gasteiger partial charge in [0.2, 0.25) is 15.9 Å². The van der Waals surface area contributed by atoms with Gasteiger partial charge in [-0.2, -0.15) is 0 Å². The van der Waals surface area contributed by atoms with E-state index in [0.29, 0.717) is 53.4 Å². The van der Waals surface area contributed by atoms with Crippen LogP contribution in [0.5, 0.6) is 0 Å². The molecule has 1 atom stereocenters. The molecule has 1 aliphatic heterocycles. The lowest BCUT2D eigenvalue weighted by Gasteiger charge is -2.40. The highest BCUT2D eigenvalue weighted by Crippen LogP contribution is 2.36. The summed E-state index contributed by atoms with van der Waals surface area (Å²) in [5.41, 5.74) is 6.74. The van der Waals surface area contributed by atoms with Crippen molar-refractivity contribution in [1.29, 1.82) is 0 Å². The summed E-state index contributed by atoms with van der Waals surface area (Å²) < 4.78 is 23.8. The van der Waals surface area contributed by atoms with E-state index in [2.05, 4.69) is 20.3 Å². The van der Waals surface area contributed by atoms with Gasteiger partial charge in [0.15, 0.2) is 0 Å². The fourth-order valence-corrected chi connectivity index (χ4v) is 4.85. The fourth-order valence-electron chi connectivity index (χ4n) is 4.17. The number of benzene rings is 1. The highest BCUT2D eigenvalue weighted by molar-refractivity contribution is 7.89. The molecule has 176 valence electrons. The van der Waals surface area contributed by atoms with E-state index >= 15 is 0 Å². The Morgan fingerprint density at radius 2 is 1.88 bits per heavy atom. The van der Waals surface area contributed by atoms with Crippen LogP contribution in [0.15, 0.2) is 42.9 Å². The van der Waals surface area contributed by atoms with Crippen molar-refractivity contribution in [3.8, 4) is 0 Å². The number of hydrogen-bond donors (Lipinski definition) is 4. The van der Waals surface area contributed by atoms with Gasteiger partial charge in [-0.15, -0.1) is 0 Å². The van der Waals surface area contributed by atoms with Gasteiger partial charge in [0.05, 0.1) is 22.7 Å². The molecule has 0 aliphatic carbocycles. The molecule has 1 amide bonds. The van der Waals surface area contributed by atoms with Crippen molar-refractivity contribution in [2.45, 2.75) is 30.8 Å². The smallest absolute Gasteiger partial charge is 0.248 e. The molecule has 10 nitrogen and oxygen atoms in total. The van der Waals surface area contributed by atoms with E-state index in [1.807, 2.05) is 0 Å². The van der Waals surface area contributed by atoms with E-state index in [1.54, 1.807) is 36.5 Å². The van der Waals surface area contributed by atoms with Crippen molar-refractivity contribution < 1.29 is 13.2 Å². The van der Waals surface area contributed by atoms with Gasteiger partial charge < -0.3 is 16.0 Å². The van der Waals surface area contributed by atoms with Crippen LogP contribution in [0.1, 0.15) is 30.9 Å². The largest absolute Gasteiger partial charge is 0.346 e. The number of halogens is 1. The Morgan fingerprint density at radius 1 is 1.18 bits per heavy atom. The first kappa shape index (κ1) is 23.6. The van der Waals surface area contributed by atoms with E-state index in [9.17, 15) is 13.2 Å². The van der Waals surface area contributed by atoms with E-state index in [1.165, 1.54) is 11.2 Å². The lowest BCUT2D eigenvalue weighted by atomic mass is 9.86. The Bertz CT molecular complexity index is 1240. The summed E-state index contributed by atoms with van der Waals surface area (Å²) in [6.45, 7) is 1.20. The number of H-pyrrole nitrogens is 1. The average molecular weight is 492 g/mol. The number of nitrogens with one attached hydrogen (secondary N) is 2. The lowest BCUT2D eigenvalue weighted by molar-refractivity contribution is -0.125. The van der Waals surface area contributed by atoms with Gasteiger partial charge in [0.1, 0.15) is 17.8 Å². The van der Waals surface area contributed by atoms with Crippen LogP contribution in [0.25, 0.3) is 11.0 Å². The first-order valence-electron chi connectivity index (χ1n) is 10.6. The molecule has 33 heavy (non-hydrogen) atoms. The van der Waals surface area contributed by atoms with Crippen LogP contribution in [0.4, 0.5) is 5.82 Å². The quantitative estimate of drug-likeness (QED) is 0.389. The highest BCUT2D eigenvalue weighted by Gasteiger charge is 2.43. The van der Waals surface area contributed by atoms with E-state index in [4.69, 9.17) is 22.5 Å². The van der Waals surface area contributed by atoms with E-state index in [-0.39, 0.29) is 18.1 Å². The minimum Gasteiger partial charge on any atom is -0.346 e. The number of nitrogens with zero attached hydrogens (tertiary/aromatic N) is 3. The summed E-state index contributed by atoms with van der Waals surface area (Å²) in [6.07, 6.45) is 3.99. The Balaban J connectivity index is 1.88. The molecule has 12 heteroatoms. The molecule has 3 aromatic rings. The Hall–Kier alpha value is -2.57. The maximum atomic E-state index is 14.1. The number of amides is 1. The number of carbonyl (C=O) groups is 1. The first-order valence-corrected chi connectivity index (χ1v) is 12.6. The summed E-state index contributed by atoms with van der Waals surface area (Å²) in [7, 11) is -3.79. The zero-order valence-electron chi connectivity index (χ0n) is 17.9. The Labute approximate surface area is 196 Å². The van der Waals surface area contributed by atoms with Gasteiger partial charge in [0.25, 0.3) is 0 Å². The van der Waals surface area contributed by atoms with Crippen LogP contribution in [-0.4, -0.2) is 53.7 Å². The minimum atomic E-state index is -3.79. The molecule has 4 rings (SSSR count). The zero-order chi connectivity index (χ0) is 23.6. The normalized spacial score (nSPS) is 17.1. The Kier molecular flexibility index (Phi) is 6.68. The van der Waals surface area contributed by atoms with E-state index < -0.39 is 21.6 Å². The monoisotopic (exact) mass is 491 g/mol. The van der Waals surface area contributed by atoms with Gasteiger partial charge in [-0.05, 0) is 56.1 Å². The molecule has 3 heterocycles. The number of rotatable bonds is 7.